The molecule has 1 aliphatic rings. The highest BCUT2D eigenvalue weighted by atomic mass is 32.2. The third kappa shape index (κ3) is 6.63. The van der Waals surface area contributed by atoms with Crippen molar-refractivity contribution in [2.75, 3.05) is 36.7 Å². The van der Waals surface area contributed by atoms with E-state index < -0.39 is 17.8 Å². The zero-order valence-corrected chi connectivity index (χ0v) is 20.5. The number of anilines is 1. The van der Waals surface area contributed by atoms with Crippen molar-refractivity contribution in [2.24, 2.45) is 0 Å². The number of benzene rings is 2. The molecule has 4 amide bonds. The summed E-state index contributed by atoms with van der Waals surface area (Å²) in [5.74, 6) is -0.0602. The Morgan fingerprint density at radius 2 is 1.83 bits per heavy atom. The van der Waals surface area contributed by atoms with E-state index >= 15 is 0 Å². The molecule has 1 N–H and O–H groups in total. The van der Waals surface area contributed by atoms with E-state index in [4.69, 9.17) is 14.2 Å². The molecule has 0 aromatic heterocycles. The van der Waals surface area contributed by atoms with Gasteiger partial charge in [0.05, 0.1) is 31.8 Å². The van der Waals surface area contributed by atoms with Gasteiger partial charge in [0.25, 0.3) is 11.8 Å². The third-order valence-electron chi connectivity index (χ3n) is 4.90. The van der Waals surface area contributed by atoms with Gasteiger partial charge in [-0.2, -0.15) is 0 Å². The van der Waals surface area contributed by atoms with Gasteiger partial charge in [0.2, 0.25) is 0 Å². The molecule has 0 atom stereocenters. The molecule has 3 rings (SSSR count). The Morgan fingerprint density at radius 1 is 1.09 bits per heavy atom. The highest BCUT2D eigenvalue weighted by Crippen LogP contribution is 2.30. The minimum absolute atomic E-state index is 0.184. The van der Waals surface area contributed by atoms with E-state index in [1.54, 1.807) is 49.4 Å². The molecule has 0 unspecified atom stereocenters. The second-order valence-corrected chi connectivity index (χ2v) is 8.51. The number of rotatable bonds is 10. The number of nitrogens with one attached hydrogen (secondary N) is 1. The SMILES string of the molecule is CCOC(=O)CSCCOc1ccc(C=C2C(=O)NC(=O)N(c3ccc(C)cc3)C2=O)cc1OC. The summed E-state index contributed by atoms with van der Waals surface area (Å²) in [6.45, 7) is 4.34. The normalized spacial score (nSPS) is 14.7. The van der Waals surface area contributed by atoms with Gasteiger partial charge >= 0.3 is 12.0 Å². The van der Waals surface area contributed by atoms with Crippen molar-refractivity contribution in [3.05, 3.63) is 59.2 Å². The number of urea groups is 1. The van der Waals surface area contributed by atoms with Crippen molar-refractivity contribution in [1.82, 2.24) is 5.32 Å². The molecule has 0 aliphatic carbocycles. The van der Waals surface area contributed by atoms with E-state index in [0.717, 1.165) is 10.5 Å². The van der Waals surface area contributed by atoms with Gasteiger partial charge in [0.1, 0.15) is 5.57 Å². The van der Waals surface area contributed by atoms with Gasteiger partial charge in [-0.05, 0) is 49.8 Å². The summed E-state index contributed by atoms with van der Waals surface area (Å²) in [4.78, 5) is 50.1. The third-order valence-corrected chi connectivity index (χ3v) is 5.80. The van der Waals surface area contributed by atoms with Crippen molar-refractivity contribution in [2.45, 2.75) is 13.8 Å². The number of esters is 1. The summed E-state index contributed by atoms with van der Waals surface area (Å²) in [6, 6.07) is 11.0. The Labute approximate surface area is 207 Å². The molecule has 2 aromatic carbocycles. The molecule has 1 aliphatic heterocycles. The fourth-order valence-electron chi connectivity index (χ4n) is 3.21. The first-order valence-electron chi connectivity index (χ1n) is 10.9. The summed E-state index contributed by atoms with van der Waals surface area (Å²) in [6.07, 6.45) is 1.40. The van der Waals surface area contributed by atoms with Gasteiger partial charge in [-0.25, -0.2) is 9.69 Å². The van der Waals surface area contributed by atoms with Crippen molar-refractivity contribution in [1.29, 1.82) is 0 Å². The minimum atomic E-state index is -0.803. The molecule has 0 radical (unpaired) electrons. The largest absolute Gasteiger partial charge is 0.493 e. The average Bonchev–Trinajstić information content (AvgIpc) is 2.83. The molecule has 1 saturated heterocycles. The van der Waals surface area contributed by atoms with E-state index in [1.165, 1.54) is 24.9 Å². The lowest BCUT2D eigenvalue weighted by Gasteiger charge is -2.26. The van der Waals surface area contributed by atoms with Crippen LogP contribution in [0.25, 0.3) is 6.08 Å². The van der Waals surface area contributed by atoms with Crippen LogP contribution in [0.3, 0.4) is 0 Å². The smallest absolute Gasteiger partial charge is 0.335 e. The van der Waals surface area contributed by atoms with Crippen LogP contribution in [0.1, 0.15) is 18.1 Å². The number of amides is 4. The molecule has 10 heteroatoms. The Morgan fingerprint density at radius 3 is 2.51 bits per heavy atom. The second kappa shape index (κ2) is 12.1. The van der Waals surface area contributed by atoms with Crippen molar-refractivity contribution in [3.8, 4) is 11.5 Å². The van der Waals surface area contributed by atoms with E-state index in [1.807, 2.05) is 6.92 Å². The van der Waals surface area contributed by atoms with Crippen LogP contribution in [-0.2, 0) is 19.1 Å². The van der Waals surface area contributed by atoms with Crippen LogP contribution in [0.15, 0.2) is 48.0 Å². The summed E-state index contributed by atoms with van der Waals surface area (Å²) in [5.41, 5.74) is 1.66. The highest BCUT2D eigenvalue weighted by molar-refractivity contribution is 7.99. The van der Waals surface area contributed by atoms with Crippen LogP contribution in [0.2, 0.25) is 0 Å². The number of carbonyl (C=O) groups is 4. The van der Waals surface area contributed by atoms with Gasteiger partial charge in [-0.15, -0.1) is 11.8 Å². The molecule has 184 valence electrons. The van der Waals surface area contributed by atoms with Crippen LogP contribution >= 0.6 is 11.8 Å². The highest BCUT2D eigenvalue weighted by Gasteiger charge is 2.36. The maximum absolute atomic E-state index is 13.0. The molecule has 1 fully saturated rings. The number of carbonyl (C=O) groups excluding carboxylic acids is 4. The van der Waals surface area contributed by atoms with E-state index in [2.05, 4.69) is 5.32 Å². The Bertz CT molecular complexity index is 1150. The summed E-state index contributed by atoms with van der Waals surface area (Å²) < 4.78 is 16.0. The quantitative estimate of drug-likeness (QED) is 0.230. The number of thioether (sulfide) groups is 1. The first-order valence-corrected chi connectivity index (χ1v) is 12.0. The van der Waals surface area contributed by atoms with Gasteiger partial charge in [0.15, 0.2) is 11.5 Å². The van der Waals surface area contributed by atoms with Crippen molar-refractivity contribution < 1.29 is 33.4 Å². The number of hydrogen-bond donors (Lipinski definition) is 1. The molecule has 0 saturated carbocycles. The molecule has 0 spiro atoms. The van der Waals surface area contributed by atoms with Crippen molar-refractivity contribution in [3.63, 3.8) is 0 Å². The minimum Gasteiger partial charge on any atom is -0.493 e. The first-order chi connectivity index (χ1) is 16.8. The molecule has 0 bridgehead atoms. The Kier molecular flexibility index (Phi) is 8.91. The lowest BCUT2D eigenvalue weighted by atomic mass is 10.1. The zero-order chi connectivity index (χ0) is 25.4. The van der Waals surface area contributed by atoms with E-state index in [9.17, 15) is 19.2 Å². The van der Waals surface area contributed by atoms with Crippen LogP contribution < -0.4 is 19.7 Å². The van der Waals surface area contributed by atoms with Crippen LogP contribution in [0, 0.1) is 6.92 Å². The first kappa shape index (κ1) is 25.8. The number of aryl methyl sites for hydroxylation is 1. The zero-order valence-electron chi connectivity index (χ0n) is 19.7. The summed E-state index contributed by atoms with van der Waals surface area (Å²) >= 11 is 1.40. The number of barbiturate groups is 1. The fourth-order valence-corrected chi connectivity index (χ4v) is 3.81. The average molecular weight is 499 g/mol. The molecular weight excluding hydrogens is 472 g/mol. The van der Waals surface area contributed by atoms with E-state index in [0.29, 0.717) is 41.7 Å². The van der Waals surface area contributed by atoms with Crippen LogP contribution in [0.5, 0.6) is 11.5 Å². The second-order valence-electron chi connectivity index (χ2n) is 7.41. The predicted octanol–water partition coefficient (Wildman–Crippen LogP) is 3.35. The maximum atomic E-state index is 13.0. The number of hydrogen-bond acceptors (Lipinski definition) is 8. The van der Waals surface area contributed by atoms with Gasteiger partial charge in [-0.3, -0.25) is 19.7 Å². The van der Waals surface area contributed by atoms with Gasteiger partial charge in [0, 0.05) is 5.75 Å². The lowest BCUT2D eigenvalue weighted by molar-refractivity contribution is -0.139. The van der Waals surface area contributed by atoms with E-state index in [-0.39, 0.29) is 17.3 Å². The maximum Gasteiger partial charge on any atom is 0.335 e. The molecule has 9 nitrogen and oxygen atoms in total. The molecule has 2 aromatic rings. The number of ether oxygens (including phenoxy) is 3. The van der Waals surface area contributed by atoms with Crippen molar-refractivity contribution >= 4 is 47.3 Å². The van der Waals surface area contributed by atoms with Crippen LogP contribution in [-0.4, -0.2) is 55.6 Å². The number of nitrogens with zero attached hydrogens (tertiary/aromatic N) is 1. The molecule has 1 heterocycles. The molecule has 35 heavy (non-hydrogen) atoms. The predicted molar refractivity (Wildman–Crippen MR) is 133 cm³/mol. The van der Waals surface area contributed by atoms with Gasteiger partial charge < -0.3 is 14.2 Å². The Balaban J connectivity index is 1.72. The summed E-state index contributed by atoms with van der Waals surface area (Å²) in [5, 5.41) is 2.21. The Hall–Kier alpha value is -3.79. The standard InChI is InChI=1S/C25H26N2O7S/c1-4-33-22(28)15-35-12-11-34-20-10-7-17(14-21(20)32-3)13-19-23(29)26-25(31)27(24(19)30)18-8-5-16(2)6-9-18/h5-10,13-14H,4,11-12,15H2,1-3H3,(H,26,29,31). The number of imide groups is 2. The summed E-state index contributed by atoms with van der Waals surface area (Å²) in [7, 11) is 1.48. The fraction of sp³-hybridized carbons (Fsp3) is 0.280. The topological polar surface area (TPSA) is 111 Å². The monoisotopic (exact) mass is 498 g/mol. The van der Waals surface area contributed by atoms with Crippen LogP contribution in [0.4, 0.5) is 10.5 Å². The number of methoxy groups -OCH3 is 1. The molecular formula is C25H26N2O7S. The lowest BCUT2D eigenvalue weighted by Crippen LogP contribution is -2.54. The van der Waals surface area contributed by atoms with Gasteiger partial charge in [-0.1, -0.05) is 23.8 Å².